The first-order chi connectivity index (χ1) is 33.8. The van der Waals surface area contributed by atoms with Crippen LogP contribution in [0.2, 0.25) is 10.0 Å². The van der Waals surface area contributed by atoms with E-state index in [0.717, 1.165) is 13.8 Å². The number of anilines is 4. The molecule has 21 heteroatoms. The van der Waals surface area contributed by atoms with Gasteiger partial charge in [-0.2, -0.15) is 20.5 Å². The summed E-state index contributed by atoms with van der Waals surface area (Å²) in [6.45, 7) is 10.4. The van der Waals surface area contributed by atoms with Gasteiger partial charge in [0.1, 0.15) is 22.9 Å². The van der Waals surface area contributed by atoms with E-state index >= 15 is 0 Å². The van der Waals surface area contributed by atoms with Crippen molar-refractivity contribution < 1.29 is 38.2 Å². The Balaban J connectivity index is 1.29. The number of carbonyl (C=O) groups is 6. The van der Waals surface area contributed by atoms with Gasteiger partial charge < -0.3 is 30.7 Å². The standard InChI is InChI=1S/C50H49Cl5N8O8/c1-7-70-34-12-14-36(26(3)52)41(24-34)58-47(66)31-9-16-38(54)43(22-31)60-62-45(28(5)64)49(68)56-33-11-18-40(30(21-33)19-20-51)57-50(69)46(29(6)65)63-61-44-23-32(10-17-39(44)55)48(67)59-42-25-35(71-8-2)13-15-37(42)27(4)53/h9-18,21-27,45-46H,7-8,19-20H2,1-6H3,(H,56,68)(H,57,69)(H,58,66)(H,59,67). The third kappa shape index (κ3) is 15.3. The van der Waals surface area contributed by atoms with Crippen LogP contribution < -0.4 is 30.7 Å². The molecule has 5 aromatic rings. The van der Waals surface area contributed by atoms with E-state index in [2.05, 4.69) is 41.7 Å². The smallest absolute Gasteiger partial charge is 0.258 e. The van der Waals surface area contributed by atoms with Crippen LogP contribution in [0.25, 0.3) is 0 Å². The number of halogens is 5. The number of carbonyl (C=O) groups excluding carboxylic acids is 6. The maximum atomic E-state index is 13.6. The monoisotopic (exact) mass is 1060 g/mol. The quantitative estimate of drug-likeness (QED) is 0.0296. The first-order valence-electron chi connectivity index (χ1n) is 22.0. The molecule has 0 bridgehead atoms. The highest BCUT2D eigenvalue weighted by Crippen LogP contribution is 2.35. The predicted molar refractivity (Wildman–Crippen MR) is 279 cm³/mol. The zero-order valence-electron chi connectivity index (χ0n) is 39.2. The topological polar surface area (TPSA) is 218 Å². The van der Waals surface area contributed by atoms with E-state index in [1.807, 2.05) is 13.8 Å². The van der Waals surface area contributed by atoms with Crippen molar-refractivity contribution in [2.45, 2.75) is 70.8 Å². The van der Waals surface area contributed by atoms with Gasteiger partial charge in [-0.1, -0.05) is 35.3 Å². The molecule has 0 heterocycles. The van der Waals surface area contributed by atoms with Crippen LogP contribution in [0.4, 0.5) is 34.1 Å². The number of ether oxygens (including phenoxy) is 2. The van der Waals surface area contributed by atoms with E-state index in [0.29, 0.717) is 52.8 Å². The summed E-state index contributed by atoms with van der Waals surface area (Å²) in [5.41, 5.74) is 3.41. The number of nitrogens with one attached hydrogen (secondary N) is 4. The van der Waals surface area contributed by atoms with Gasteiger partial charge in [0.2, 0.25) is 12.1 Å². The molecule has 5 aromatic carbocycles. The van der Waals surface area contributed by atoms with Crippen LogP contribution in [-0.4, -0.2) is 66.4 Å². The second-order valence-electron chi connectivity index (χ2n) is 15.6. The van der Waals surface area contributed by atoms with E-state index in [1.54, 1.807) is 50.2 Å². The van der Waals surface area contributed by atoms with Crippen LogP contribution >= 0.6 is 58.0 Å². The van der Waals surface area contributed by atoms with Gasteiger partial charge in [-0.3, -0.25) is 28.8 Å². The zero-order valence-corrected chi connectivity index (χ0v) is 43.0. The molecule has 16 nitrogen and oxygen atoms in total. The number of alkyl halides is 3. The average Bonchev–Trinajstić information content (AvgIpc) is 3.31. The SMILES string of the molecule is CCOc1ccc(C(C)Cl)c(NC(=O)c2ccc(Cl)c(N=NC(C(C)=O)C(=O)Nc3ccc(NC(=O)C(N=Nc4cc(C(=O)Nc5cc(OCC)ccc5C(C)Cl)ccc4Cl)C(C)=O)c(CCCl)c3)c2)c1. The molecule has 0 fully saturated rings. The van der Waals surface area contributed by atoms with Gasteiger partial charge >= 0.3 is 0 Å². The molecule has 4 amide bonds. The van der Waals surface area contributed by atoms with Crippen LogP contribution in [0, 0.1) is 0 Å². The molecule has 4 N–H and O–H groups in total. The van der Waals surface area contributed by atoms with Gasteiger partial charge in [-0.05, 0) is 131 Å². The van der Waals surface area contributed by atoms with Gasteiger partial charge in [0.15, 0.2) is 11.6 Å². The van der Waals surface area contributed by atoms with Crippen LogP contribution in [0.15, 0.2) is 111 Å². The van der Waals surface area contributed by atoms with Crippen molar-refractivity contribution in [3.05, 3.63) is 129 Å². The number of Topliss-reactive ketones (excluding diaryl/α,β-unsaturated/α-hetero) is 2. The predicted octanol–water partition coefficient (Wildman–Crippen LogP) is 13.0. The van der Waals surface area contributed by atoms with Crippen LogP contribution in [0.5, 0.6) is 11.5 Å². The molecule has 0 radical (unpaired) electrons. The number of hydrogen-bond donors (Lipinski definition) is 4. The third-order valence-electron chi connectivity index (χ3n) is 10.3. The molecular formula is C50H49Cl5N8O8. The third-order valence-corrected chi connectivity index (χ3v) is 11.6. The van der Waals surface area contributed by atoms with Gasteiger partial charge in [-0.15, -0.1) is 34.8 Å². The van der Waals surface area contributed by atoms with Crippen molar-refractivity contribution in [3.63, 3.8) is 0 Å². The highest BCUT2D eigenvalue weighted by atomic mass is 35.5. The van der Waals surface area contributed by atoms with E-state index in [9.17, 15) is 28.8 Å². The lowest BCUT2D eigenvalue weighted by molar-refractivity contribution is -0.127. The number of aryl methyl sites for hydroxylation is 1. The highest BCUT2D eigenvalue weighted by molar-refractivity contribution is 6.33. The number of rotatable bonds is 22. The Hall–Kier alpha value is -6.43. The van der Waals surface area contributed by atoms with Crippen molar-refractivity contribution >= 4 is 127 Å². The van der Waals surface area contributed by atoms with E-state index < -0.39 is 58.0 Å². The number of amides is 4. The number of ketones is 2. The molecule has 4 unspecified atom stereocenters. The van der Waals surface area contributed by atoms with E-state index in [1.165, 1.54) is 54.6 Å². The minimum absolute atomic E-state index is 0.00904. The molecular weight excluding hydrogens is 1020 g/mol. The molecule has 4 atom stereocenters. The molecule has 0 spiro atoms. The molecule has 0 aliphatic carbocycles. The van der Waals surface area contributed by atoms with Gasteiger partial charge in [-0.25, -0.2) is 0 Å². The molecule has 372 valence electrons. The van der Waals surface area contributed by atoms with Crippen LogP contribution in [0.3, 0.4) is 0 Å². The number of azo groups is 2. The number of hydrogen-bond acceptors (Lipinski definition) is 12. The summed E-state index contributed by atoms with van der Waals surface area (Å²) < 4.78 is 11.2. The molecule has 0 aromatic heterocycles. The Kier molecular flexibility index (Phi) is 20.4. The molecule has 0 saturated carbocycles. The first kappa shape index (κ1) is 55.5. The Morgan fingerprint density at radius 2 is 1.01 bits per heavy atom. The second kappa shape index (κ2) is 26.1. The van der Waals surface area contributed by atoms with E-state index in [-0.39, 0.29) is 56.2 Å². The van der Waals surface area contributed by atoms with Gasteiger partial charge in [0.05, 0.1) is 34.0 Å². The van der Waals surface area contributed by atoms with Crippen LogP contribution in [0.1, 0.15) is 89.7 Å². The van der Waals surface area contributed by atoms with Crippen molar-refractivity contribution in [2.75, 3.05) is 40.4 Å². The highest BCUT2D eigenvalue weighted by Gasteiger charge is 2.27. The van der Waals surface area contributed by atoms with Gasteiger partial charge in [0, 0.05) is 51.9 Å². The Labute approximate surface area is 435 Å². The molecule has 0 aliphatic heterocycles. The first-order valence-corrected chi connectivity index (χ1v) is 24.2. The Morgan fingerprint density at radius 3 is 1.42 bits per heavy atom. The maximum Gasteiger partial charge on any atom is 0.258 e. The van der Waals surface area contributed by atoms with Crippen LogP contribution in [-0.2, 0) is 25.6 Å². The average molecular weight is 1070 g/mol. The summed E-state index contributed by atoms with van der Waals surface area (Å²) in [6.07, 6.45) is 0.196. The molecule has 0 aliphatic rings. The summed E-state index contributed by atoms with van der Waals surface area (Å²) in [5, 5.41) is 26.5. The van der Waals surface area contributed by atoms with Crippen molar-refractivity contribution in [3.8, 4) is 11.5 Å². The summed E-state index contributed by atoms with van der Waals surface area (Å²) in [4.78, 5) is 79.5. The summed E-state index contributed by atoms with van der Waals surface area (Å²) >= 11 is 31.7. The normalized spacial score (nSPS) is 12.9. The fourth-order valence-corrected chi connectivity index (χ4v) is 7.63. The molecule has 71 heavy (non-hydrogen) atoms. The van der Waals surface area contributed by atoms with Crippen molar-refractivity contribution in [1.29, 1.82) is 0 Å². The summed E-state index contributed by atoms with van der Waals surface area (Å²) in [5.74, 6) is -2.89. The minimum Gasteiger partial charge on any atom is -0.494 e. The van der Waals surface area contributed by atoms with Crippen molar-refractivity contribution in [2.24, 2.45) is 20.5 Å². The van der Waals surface area contributed by atoms with Gasteiger partial charge in [0.25, 0.3) is 23.6 Å². The Bertz CT molecular complexity index is 2880. The van der Waals surface area contributed by atoms with Crippen molar-refractivity contribution in [1.82, 2.24) is 0 Å². The number of benzene rings is 5. The Morgan fingerprint density at radius 1 is 0.563 bits per heavy atom. The summed E-state index contributed by atoms with van der Waals surface area (Å²) in [6, 6.07) is 20.0. The minimum atomic E-state index is -1.64. The zero-order chi connectivity index (χ0) is 51.9. The molecule has 5 rings (SSSR count). The maximum absolute atomic E-state index is 13.6. The lowest BCUT2D eigenvalue weighted by Crippen LogP contribution is -2.32. The summed E-state index contributed by atoms with van der Waals surface area (Å²) in [7, 11) is 0. The second-order valence-corrected chi connectivity index (χ2v) is 18.1. The largest absolute Gasteiger partial charge is 0.494 e. The molecule has 0 saturated heterocycles. The lowest BCUT2D eigenvalue weighted by Gasteiger charge is -2.16. The fraction of sp³-hybridized carbons (Fsp3) is 0.280. The lowest BCUT2D eigenvalue weighted by atomic mass is 10.1. The fourth-order valence-electron chi connectivity index (χ4n) is 6.73. The van der Waals surface area contributed by atoms with E-state index in [4.69, 9.17) is 67.5 Å². The number of nitrogens with zero attached hydrogens (tertiary/aromatic N) is 4.